The Kier molecular flexibility index (Phi) is 2.85. The number of hydrogen-bond donors (Lipinski definition) is 2. The summed E-state index contributed by atoms with van der Waals surface area (Å²) in [6, 6.07) is 7.22. The summed E-state index contributed by atoms with van der Waals surface area (Å²) < 4.78 is 31.0. The topological polar surface area (TPSA) is 84.5 Å². The Bertz CT molecular complexity index is 610. The van der Waals surface area contributed by atoms with Crippen molar-refractivity contribution < 1.29 is 17.9 Å². The fraction of sp³-hybridized carbons (Fsp3) is 0.417. The van der Waals surface area contributed by atoms with Crippen molar-refractivity contribution in [2.75, 3.05) is 11.9 Å². The Morgan fingerprint density at radius 2 is 2.05 bits per heavy atom. The maximum absolute atomic E-state index is 11.9. The van der Waals surface area contributed by atoms with E-state index in [-0.39, 0.29) is 6.54 Å². The van der Waals surface area contributed by atoms with Crippen LogP contribution in [0.3, 0.4) is 0 Å². The van der Waals surface area contributed by atoms with Gasteiger partial charge in [0, 0.05) is 0 Å². The van der Waals surface area contributed by atoms with Gasteiger partial charge in [0.05, 0.1) is 17.5 Å². The average molecular weight is 282 g/mol. The second-order valence-corrected chi connectivity index (χ2v) is 6.66. The molecule has 0 spiro atoms. The molecule has 1 aromatic rings. The van der Waals surface area contributed by atoms with E-state index in [1.54, 1.807) is 12.1 Å². The van der Waals surface area contributed by atoms with Gasteiger partial charge in [0.25, 0.3) is 5.91 Å². The first kappa shape index (κ1) is 12.3. The number of amides is 1. The van der Waals surface area contributed by atoms with Gasteiger partial charge in [-0.25, -0.2) is 13.1 Å². The van der Waals surface area contributed by atoms with Gasteiger partial charge in [-0.1, -0.05) is 12.1 Å². The number of nitrogens with one attached hydrogen (secondary N) is 2. The SMILES string of the molecule is O=C(NS(=O)(=O)C1CC1)C1CNc2ccccc2O1. The number of anilines is 1. The van der Waals surface area contributed by atoms with Crippen molar-refractivity contribution in [3.8, 4) is 5.75 Å². The van der Waals surface area contributed by atoms with Crippen LogP contribution in [-0.2, 0) is 14.8 Å². The molecular formula is C12H14N2O4S. The van der Waals surface area contributed by atoms with E-state index < -0.39 is 27.3 Å². The van der Waals surface area contributed by atoms with Crippen molar-refractivity contribution in [1.29, 1.82) is 0 Å². The number of para-hydroxylation sites is 2. The lowest BCUT2D eigenvalue weighted by Crippen LogP contribution is -2.47. The van der Waals surface area contributed by atoms with Gasteiger partial charge in [-0.05, 0) is 25.0 Å². The molecule has 0 bridgehead atoms. The second kappa shape index (κ2) is 4.41. The fourth-order valence-electron chi connectivity index (χ4n) is 1.93. The summed E-state index contributed by atoms with van der Waals surface area (Å²) >= 11 is 0. The van der Waals surface area contributed by atoms with E-state index in [1.165, 1.54) is 0 Å². The molecule has 1 aromatic carbocycles. The Labute approximate surface area is 111 Å². The highest BCUT2D eigenvalue weighted by atomic mass is 32.2. The lowest BCUT2D eigenvalue weighted by molar-refractivity contribution is -0.125. The molecule has 102 valence electrons. The van der Waals surface area contributed by atoms with Crippen molar-refractivity contribution in [2.45, 2.75) is 24.2 Å². The largest absolute Gasteiger partial charge is 0.477 e. The van der Waals surface area contributed by atoms with Gasteiger partial charge in [0.15, 0.2) is 6.10 Å². The lowest BCUT2D eigenvalue weighted by Gasteiger charge is -2.26. The average Bonchev–Trinajstić information content (AvgIpc) is 3.22. The minimum Gasteiger partial charge on any atom is -0.477 e. The molecule has 0 saturated heterocycles. The number of benzene rings is 1. The molecule has 1 amide bonds. The Balaban J connectivity index is 1.69. The molecular weight excluding hydrogens is 268 g/mol. The Morgan fingerprint density at radius 3 is 2.79 bits per heavy atom. The van der Waals surface area contributed by atoms with E-state index in [9.17, 15) is 13.2 Å². The van der Waals surface area contributed by atoms with Crippen molar-refractivity contribution >= 4 is 21.6 Å². The molecule has 6 nitrogen and oxygen atoms in total. The molecule has 0 radical (unpaired) electrons. The summed E-state index contributed by atoms with van der Waals surface area (Å²) in [5.74, 6) is -0.0633. The van der Waals surface area contributed by atoms with Gasteiger partial charge in [0.2, 0.25) is 10.0 Å². The van der Waals surface area contributed by atoms with Gasteiger partial charge in [-0.15, -0.1) is 0 Å². The molecule has 3 rings (SSSR count). The van der Waals surface area contributed by atoms with E-state index in [1.807, 2.05) is 12.1 Å². The molecule has 0 aromatic heterocycles. The number of fused-ring (bicyclic) bond motifs is 1. The van der Waals surface area contributed by atoms with Gasteiger partial charge in [-0.2, -0.15) is 0 Å². The summed E-state index contributed by atoms with van der Waals surface area (Å²) in [4.78, 5) is 11.9. The maximum atomic E-state index is 11.9. The Hall–Kier alpha value is -1.76. The third-order valence-electron chi connectivity index (χ3n) is 3.13. The van der Waals surface area contributed by atoms with Crippen LogP contribution in [0.1, 0.15) is 12.8 Å². The minimum absolute atomic E-state index is 0.253. The number of rotatable bonds is 3. The molecule has 1 fully saturated rings. The summed E-state index contributed by atoms with van der Waals surface area (Å²) in [5.41, 5.74) is 0.802. The molecule has 1 unspecified atom stereocenters. The molecule has 7 heteroatoms. The van der Waals surface area contributed by atoms with Crippen LogP contribution in [0.25, 0.3) is 0 Å². The summed E-state index contributed by atoms with van der Waals surface area (Å²) in [5, 5.41) is 2.63. The minimum atomic E-state index is -3.52. The van der Waals surface area contributed by atoms with Crippen LogP contribution in [0.4, 0.5) is 5.69 Å². The molecule has 2 aliphatic rings. The number of sulfonamides is 1. The molecule has 19 heavy (non-hydrogen) atoms. The number of carbonyl (C=O) groups is 1. The summed E-state index contributed by atoms with van der Waals surface area (Å²) in [7, 11) is -3.52. The third kappa shape index (κ3) is 2.51. The van der Waals surface area contributed by atoms with Crippen molar-refractivity contribution in [3.63, 3.8) is 0 Å². The standard InChI is InChI=1S/C12H14N2O4S/c15-12(14-19(16,17)8-5-6-8)11-7-13-9-3-1-2-4-10(9)18-11/h1-4,8,11,13H,5-7H2,(H,14,15). The highest BCUT2D eigenvalue weighted by molar-refractivity contribution is 7.90. The van der Waals surface area contributed by atoms with E-state index in [0.29, 0.717) is 18.6 Å². The lowest BCUT2D eigenvalue weighted by atomic mass is 10.2. The summed E-state index contributed by atoms with van der Waals surface area (Å²) in [6.45, 7) is 0.253. The predicted octanol–water partition coefficient (Wildman–Crippen LogP) is 0.468. The zero-order chi connectivity index (χ0) is 13.5. The molecule has 1 aliphatic carbocycles. The number of carbonyl (C=O) groups excluding carboxylic acids is 1. The quantitative estimate of drug-likeness (QED) is 0.841. The van der Waals surface area contributed by atoms with Gasteiger partial charge in [0.1, 0.15) is 5.75 Å². The van der Waals surface area contributed by atoms with E-state index in [4.69, 9.17) is 4.74 Å². The van der Waals surface area contributed by atoms with Gasteiger partial charge >= 0.3 is 0 Å². The van der Waals surface area contributed by atoms with E-state index in [2.05, 4.69) is 10.0 Å². The molecule has 1 heterocycles. The van der Waals surface area contributed by atoms with Crippen LogP contribution in [0, 0.1) is 0 Å². The molecule has 1 saturated carbocycles. The van der Waals surface area contributed by atoms with Crippen molar-refractivity contribution in [3.05, 3.63) is 24.3 Å². The molecule has 1 atom stereocenters. The predicted molar refractivity (Wildman–Crippen MR) is 69.4 cm³/mol. The van der Waals surface area contributed by atoms with Crippen LogP contribution in [0.5, 0.6) is 5.75 Å². The highest BCUT2D eigenvalue weighted by Gasteiger charge is 2.38. The normalized spacial score (nSPS) is 21.8. The van der Waals surface area contributed by atoms with Gasteiger partial charge < -0.3 is 10.1 Å². The smallest absolute Gasteiger partial charge is 0.276 e. The monoisotopic (exact) mass is 282 g/mol. The third-order valence-corrected chi connectivity index (χ3v) is 4.97. The van der Waals surface area contributed by atoms with Gasteiger partial charge in [-0.3, -0.25) is 4.79 Å². The Morgan fingerprint density at radius 1 is 1.32 bits per heavy atom. The van der Waals surface area contributed by atoms with Crippen LogP contribution >= 0.6 is 0 Å². The first-order valence-corrected chi connectivity index (χ1v) is 7.66. The summed E-state index contributed by atoms with van der Waals surface area (Å²) in [6.07, 6.45) is 0.410. The first-order valence-electron chi connectivity index (χ1n) is 6.11. The second-order valence-electron chi connectivity index (χ2n) is 4.69. The van der Waals surface area contributed by atoms with E-state index in [0.717, 1.165) is 5.69 Å². The number of ether oxygens (including phenoxy) is 1. The van der Waals surface area contributed by atoms with Crippen LogP contribution in [0.15, 0.2) is 24.3 Å². The van der Waals surface area contributed by atoms with Crippen LogP contribution < -0.4 is 14.8 Å². The van der Waals surface area contributed by atoms with Crippen molar-refractivity contribution in [2.24, 2.45) is 0 Å². The van der Waals surface area contributed by atoms with E-state index >= 15 is 0 Å². The maximum Gasteiger partial charge on any atom is 0.276 e. The number of hydrogen-bond acceptors (Lipinski definition) is 5. The zero-order valence-corrected chi connectivity index (χ0v) is 10.9. The zero-order valence-electron chi connectivity index (χ0n) is 10.1. The van der Waals surface area contributed by atoms with Crippen molar-refractivity contribution in [1.82, 2.24) is 4.72 Å². The van der Waals surface area contributed by atoms with Crippen LogP contribution in [-0.4, -0.2) is 32.2 Å². The molecule has 1 aliphatic heterocycles. The first-order chi connectivity index (χ1) is 9.06. The van der Waals surface area contributed by atoms with Crippen LogP contribution in [0.2, 0.25) is 0 Å². The fourth-order valence-corrected chi connectivity index (χ4v) is 3.26. The highest BCUT2D eigenvalue weighted by Crippen LogP contribution is 2.29. The molecule has 2 N–H and O–H groups in total.